The Labute approximate surface area is 127 Å². The molecule has 0 saturated heterocycles. The summed E-state index contributed by atoms with van der Waals surface area (Å²) in [5.41, 5.74) is 1.49. The molecule has 0 aliphatic carbocycles. The minimum Gasteiger partial charge on any atom is -0.493 e. The number of nitrogens with one attached hydrogen (secondary N) is 1. The van der Waals surface area contributed by atoms with E-state index in [-0.39, 0.29) is 5.82 Å². The van der Waals surface area contributed by atoms with Crippen molar-refractivity contribution in [2.24, 2.45) is 0 Å². The Morgan fingerprint density at radius 3 is 2.75 bits per heavy atom. The van der Waals surface area contributed by atoms with Crippen molar-refractivity contribution in [3.63, 3.8) is 0 Å². The van der Waals surface area contributed by atoms with Gasteiger partial charge < -0.3 is 10.1 Å². The molecule has 106 valence electrons. The molecule has 20 heavy (non-hydrogen) atoms. The largest absolute Gasteiger partial charge is 0.493 e. The summed E-state index contributed by atoms with van der Waals surface area (Å²) in [6.07, 6.45) is 0.955. The smallest absolute Gasteiger partial charge is 0.146 e. The summed E-state index contributed by atoms with van der Waals surface area (Å²) in [4.78, 5) is 0. The number of rotatable bonds is 6. The van der Waals surface area contributed by atoms with E-state index >= 15 is 0 Å². The van der Waals surface area contributed by atoms with E-state index in [2.05, 4.69) is 28.2 Å². The van der Waals surface area contributed by atoms with Crippen molar-refractivity contribution in [1.29, 1.82) is 0 Å². The topological polar surface area (TPSA) is 21.3 Å². The Kier molecular flexibility index (Phi) is 5.41. The molecule has 1 N–H and O–H groups in total. The van der Waals surface area contributed by atoms with Gasteiger partial charge >= 0.3 is 0 Å². The Morgan fingerprint density at radius 2 is 2.00 bits per heavy atom. The van der Waals surface area contributed by atoms with Crippen LogP contribution in [0.2, 0.25) is 0 Å². The molecular formula is C16H17BrFNO. The lowest BCUT2D eigenvalue weighted by Crippen LogP contribution is -2.05. The molecule has 2 nitrogen and oxygen atoms in total. The minimum absolute atomic E-state index is 0.251. The van der Waals surface area contributed by atoms with Gasteiger partial charge in [-0.1, -0.05) is 35.0 Å². The summed E-state index contributed by atoms with van der Waals surface area (Å²) in [5.74, 6) is 0.581. The molecule has 0 atom stereocenters. The molecule has 2 aromatic carbocycles. The van der Waals surface area contributed by atoms with Crippen LogP contribution < -0.4 is 10.1 Å². The van der Waals surface area contributed by atoms with Gasteiger partial charge in [-0.3, -0.25) is 0 Å². The third-order valence-corrected chi connectivity index (χ3v) is 3.32. The molecule has 0 aliphatic rings. The molecule has 0 heterocycles. The lowest BCUT2D eigenvalue weighted by atomic mass is 10.2. The van der Waals surface area contributed by atoms with Crippen LogP contribution in [0.3, 0.4) is 0 Å². The van der Waals surface area contributed by atoms with Crippen LogP contribution in [-0.4, -0.2) is 6.61 Å². The van der Waals surface area contributed by atoms with Gasteiger partial charge in [0.05, 0.1) is 12.3 Å². The maximum atomic E-state index is 13.6. The van der Waals surface area contributed by atoms with Crippen LogP contribution in [0.25, 0.3) is 0 Å². The van der Waals surface area contributed by atoms with Crippen LogP contribution in [0.1, 0.15) is 18.9 Å². The van der Waals surface area contributed by atoms with Gasteiger partial charge in [0.2, 0.25) is 0 Å². The molecule has 0 saturated carbocycles. The summed E-state index contributed by atoms with van der Waals surface area (Å²) >= 11 is 3.45. The second kappa shape index (κ2) is 7.29. The lowest BCUT2D eigenvalue weighted by Gasteiger charge is -2.13. The fourth-order valence-electron chi connectivity index (χ4n) is 1.83. The Morgan fingerprint density at radius 1 is 1.20 bits per heavy atom. The quantitative estimate of drug-likeness (QED) is 0.801. The zero-order chi connectivity index (χ0) is 14.4. The molecule has 0 fully saturated rings. The van der Waals surface area contributed by atoms with Crippen LogP contribution in [0.15, 0.2) is 46.9 Å². The normalized spacial score (nSPS) is 10.3. The average Bonchev–Trinajstić information content (AvgIpc) is 2.45. The first-order chi connectivity index (χ1) is 9.70. The monoisotopic (exact) mass is 337 g/mol. The lowest BCUT2D eigenvalue weighted by molar-refractivity contribution is 0.314. The van der Waals surface area contributed by atoms with Gasteiger partial charge in [0.1, 0.15) is 11.6 Å². The van der Waals surface area contributed by atoms with Crippen LogP contribution in [0.5, 0.6) is 5.75 Å². The van der Waals surface area contributed by atoms with Crippen molar-refractivity contribution in [3.8, 4) is 5.75 Å². The van der Waals surface area contributed by atoms with Crippen molar-refractivity contribution in [2.75, 3.05) is 11.9 Å². The first-order valence-electron chi connectivity index (χ1n) is 6.60. The third-order valence-electron chi connectivity index (χ3n) is 2.83. The number of halogens is 2. The molecule has 2 aromatic rings. The van der Waals surface area contributed by atoms with Gasteiger partial charge in [-0.15, -0.1) is 0 Å². The van der Waals surface area contributed by atoms with Gasteiger partial charge in [-0.25, -0.2) is 4.39 Å². The number of hydrogen-bond acceptors (Lipinski definition) is 2. The molecule has 0 spiro atoms. The zero-order valence-corrected chi connectivity index (χ0v) is 12.9. The average molecular weight is 338 g/mol. The number of benzene rings is 2. The van der Waals surface area contributed by atoms with E-state index in [0.717, 1.165) is 22.2 Å². The number of para-hydroxylation sites is 1. The van der Waals surface area contributed by atoms with Gasteiger partial charge in [-0.2, -0.15) is 0 Å². The van der Waals surface area contributed by atoms with Crippen molar-refractivity contribution in [1.82, 2.24) is 0 Å². The summed E-state index contributed by atoms with van der Waals surface area (Å²) < 4.78 is 20.3. The standard InChI is InChI=1S/C16H17BrFNO/c1-2-9-20-16-8-7-13(17)10-12(16)11-19-15-6-4-3-5-14(15)18/h3-8,10,19H,2,9,11H2,1H3. The van der Waals surface area contributed by atoms with Gasteiger partial charge in [-0.05, 0) is 36.8 Å². The maximum absolute atomic E-state index is 13.6. The minimum atomic E-state index is -0.251. The first-order valence-corrected chi connectivity index (χ1v) is 7.39. The summed E-state index contributed by atoms with van der Waals surface area (Å²) in [5, 5.41) is 3.10. The molecule has 0 bridgehead atoms. The van der Waals surface area contributed by atoms with E-state index in [1.54, 1.807) is 18.2 Å². The SMILES string of the molecule is CCCOc1ccc(Br)cc1CNc1ccccc1F. The highest BCUT2D eigenvalue weighted by atomic mass is 79.9. The van der Waals surface area contributed by atoms with Gasteiger partial charge in [0, 0.05) is 16.6 Å². The summed E-state index contributed by atoms with van der Waals surface area (Å²) in [7, 11) is 0. The maximum Gasteiger partial charge on any atom is 0.146 e. The Bertz CT molecular complexity index is 574. The Balaban J connectivity index is 2.11. The number of ether oxygens (including phenoxy) is 1. The third kappa shape index (κ3) is 3.97. The predicted octanol–water partition coefficient (Wildman–Crippen LogP) is 4.99. The summed E-state index contributed by atoms with van der Waals surface area (Å²) in [6.45, 7) is 3.25. The molecular weight excluding hydrogens is 321 g/mol. The fourth-order valence-corrected chi connectivity index (χ4v) is 2.24. The van der Waals surface area contributed by atoms with Crippen molar-refractivity contribution < 1.29 is 9.13 Å². The molecule has 0 aliphatic heterocycles. The highest BCUT2D eigenvalue weighted by Crippen LogP contribution is 2.25. The van der Waals surface area contributed by atoms with E-state index in [9.17, 15) is 4.39 Å². The molecule has 0 amide bonds. The van der Waals surface area contributed by atoms with E-state index in [0.29, 0.717) is 18.8 Å². The van der Waals surface area contributed by atoms with Crippen molar-refractivity contribution in [2.45, 2.75) is 19.9 Å². The second-order valence-corrected chi connectivity index (χ2v) is 5.35. The molecule has 0 aromatic heterocycles. The number of hydrogen-bond donors (Lipinski definition) is 1. The second-order valence-electron chi connectivity index (χ2n) is 4.43. The van der Waals surface area contributed by atoms with Crippen molar-refractivity contribution in [3.05, 3.63) is 58.3 Å². The van der Waals surface area contributed by atoms with E-state index in [1.165, 1.54) is 6.07 Å². The predicted molar refractivity (Wildman–Crippen MR) is 83.7 cm³/mol. The van der Waals surface area contributed by atoms with Crippen LogP contribution in [0.4, 0.5) is 10.1 Å². The van der Waals surface area contributed by atoms with Crippen LogP contribution in [0, 0.1) is 5.82 Å². The van der Waals surface area contributed by atoms with E-state index in [4.69, 9.17) is 4.74 Å². The number of anilines is 1. The summed E-state index contributed by atoms with van der Waals surface area (Å²) in [6, 6.07) is 12.5. The highest BCUT2D eigenvalue weighted by Gasteiger charge is 2.06. The van der Waals surface area contributed by atoms with Crippen LogP contribution >= 0.6 is 15.9 Å². The molecule has 2 rings (SSSR count). The molecule has 0 unspecified atom stereocenters. The highest BCUT2D eigenvalue weighted by molar-refractivity contribution is 9.10. The van der Waals surface area contributed by atoms with Gasteiger partial charge in [0.25, 0.3) is 0 Å². The zero-order valence-electron chi connectivity index (χ0n) is 11.3. The fraction of sp³-hybridized carbons (Fsp3) is 0.250. The first kappa shape index (κ1) is 14.9. The van der Waals surface area contributed by atoms with E-state index in [1.807, 2.05) is 18.2 Å². The molecule has 0 radical (unpaired) electrons. The molecule has 4 heteroatoms. The van der Waals surface area contributed by atoms with Crippen molar-refractivity contribution >= 4 is 21.6 Å². The Hall–Kier alpha value is -1.55. The van der Waals surface area contributed by atoms with Gasteiger partial charge in [0.15, 0.2) is 0 Å². The van der Waals surface area contributed by atoms with Crippen LogP contribution in [-0.2, 0) is 6.54 Å². The van der Waals surface area contributed by atoms with E-state index < -0.39 is 0 Å².